The standard InChI is InChI=1S/C36H61NO6/c1-2-3-4-5-6-7-8-9-10-11-12-13-14-15-16-17-18-19-20-21-22-23-26-35(39)37-29-31-43-33-32-42-30-24-25-34(38)27-28-36(40)41/h2-12,17-33H2,1H3,(H,37,39)(H,40,41). The van der Waals surface area contributed by atoms with E-state index >= 15 is 0 Å². The molecule has 0 radical (unpaired) electrons. The van der Waals surface area contributed by atoms with E-state index in [9.17, 15) is 14.4 Å². The zero-order valence-corrected chi connectivity index (χ0v) is 27.3. The van der Waals surface area contributed by atoms with Crippen molar-refractivity contribution in [3.05, 3.63) is 0 Å². The van der Waals surface area contributed by atoms with Gasteiger partial charge in [0.2, 0.25) is 5.91 Å². The SMILES string of the molecule is CCCCCCCCCCCCC#CC#CCCCCCCCCC(=O)NCCOCCOCCCC(=O)CCC(=O)O. The maximum Gasteiger partial charge on any atom is 0.303 e. The minimum atomic E-state index is -0.951. The van der Waals surface area contributed by atoms with Crippen molar-refractivity contribution >= 4 is 17.7 Å². The number of carbonyl (C=O) groups is 3. The van der Waals surface area contributed by atoms with Crippen LogP contribution in [0.2, 0.25) is 0 Å². The molecule has 0 aliphatic heterocycles. The van der Waals surface area contributed by atoms with Crippen molar-refractivity contribution in [2.75, 3.05) is 33.0 Å². The zero-order chi connectivity index (χ0) is 31.5. The van der Waals surface area contributed by atoms with Gasteiger partial charge >= 0.3 is 5.97 Å². The molecule has 7 nitrogen and oxygen atoms in total. The summed E-state index contributed by atoms with van der Waals surface area (Å²) < 4.78 is 10.8. The number of amides is 1. The minimum absolute atomic E-state index is 0.0508. The van der Waals surface area contributed by atoms with Crippen molar-refractivity contribution < 1.29 is 29.0 Å². The first kappa shape index (κ1) is 40.6. The molecule has 0 heterocycles. The first-order chi connectivity index (χ1) is 21.1. The summed E-state index contributed by atoms with van der Waals surface area (Å²) in [5, 5.41) is 11.4. The number of Topliss-reactive ketones (excluding diaryl/α,β-unsaturated/α-hetero) is 1. The summed E-state index contributed by atoms with van der Waals surface area (Å²) in [6.07, 6.45) is 23.5. The smallest absolute Gasteiger partial charge is 0.303 e. The molecular formula is C36H61NO6. The van der Waals surface area contributed by atoms with Crippen LogP contribution < -0.4 is 5.32 Å². The molecule has 0 aromatic rings. The van der Waals surface area contributed by atoms with Gasteiger partial charge in [0, 0.05) is 45.3 Å². The van der Waals surface area contributed by atoms with E-state index in [0.717, 1.165) is 38.5 Å². The fraction of sp³-hybridized carbons (Fsp3) is 0.806. The van der Waals surface area contributed by atoms with Gasteiger partial charge in [-0.15, -0.1) is 0 Å². The average Bonchev–Trinajstić information content (AvgIpc) is 2.99. The summed E-state index contributed by atoms with van der Waals surface area (Å²) in [5.74, 6) is 11.4. The Labute approximate surface area is 263 Å². The van der Waals surface area contributed by atoms with Gasteiger partial charge in [0.05, 0.1) is 26.2 Å². The lowest BCUT2D eigenvalue weighted by atomic mass is 10.1. The summed E-state index contributed by atoms with van der Waals surface area (Å²) in [7, 11) is 0. The molecule has 0 saturated carbocycles. The highest BCUT2D eigenvalue weighted by atomic mass is 16.5. The molecule has 0 unspecified atom stereocenters. The van der Waals surface area contributed by atoms with Gasteiger partial charge in [-0.05, 0) is 37.5 Å². The molecule has 0 saturated heterocycles. The molecule has 7 heteroatoms. The van der Waals surface area contributed by atoms with Crippen LogP contribution in [-0.2, 0) is 23.9 Å². The predicted molar refractivity (Wildman–Crippen MR) is 175 cm³/mol. The third kappa shape index (κ3) is 35.8. The normalized spacial score (nSPS) is 10.4. The number of ketones is 1. The maximum absolute atomic E-state index is 11.9. The third-order valence-corrected chi connectivity index (χ3v) is 7.15. The number of ether oxygens (including phenoxy) is 2. The minimum Gasteiger partial charge on any atom is -0.481 e. The molecule has 0 spiro atoms. The monoisotopic (exact) mass is 603 g/mol. The molecule has 0 aliphatic rings. The number of carboxylic acids is 1. The topological polar surface area (TPSA) is 102 Å². The lowest BCUT2D eigenvalue weighted by Crippen LogP contribution is -2.27. The van der Waals surface area contributed by atoms with Gasteiger partial charge in [-0.2, -0.15) is 0 Å². The number of hydrogen-bond acceptors (Lipinski definition) is 5. The van der Waals surface area contributed by atoms with Crippen LogP contribution in [0.3, 0.4) is 0 Å². The van der Waals surface area contributed by atoms with Gasteiger partial charge in [0.25, 0.3) is 0 Å². The fourth-order valence-electron chi connectivity index (χ4n) is 4.54. The van der Waals surface area contributed by atoms with Gasteiger partial charge in [-0.25, -0.2) is 0 Å². The van der Waals surface area contributed by atoms with Crippen LogP contribution in [0.4, 0.5) is 0 Å². The number of hydrogen-bond donors (Lipinski definition) is 2. The Morgan fingerprint density at radius 1 is 0.558 bits per heavy atom. The second kappa shape index (κ2) is 34.1. The van der Waals surface area contributed by atoms with Crippen molar-refractivity contribution in [2.45, 2.75) is 155 Å². The summed E-state index contributed by atoms with van der Waals surface area (Å²) in [5.41, 5.74) is 0. The third-order valence-electron chi connectivity index (χ3n) is 7.15. The summed E-state index contributed by atoms with van der Waals surface area (Å²) in [4.78, 5) is 33.8. The van der Waals surface area contributed by atoms with Gasteiger partial charge in [0.15, 0.2) is 0 Å². The van der Waals surface area contributed by atoms with Crippen LogP contribution in [0.15, 0.2) is 0 Å². The van der Waals surface area contributed by atoms with E-state index in [4.69, 9.17) is 14.6 Å². The number of rotatable bonds is 31. The molecule has 0 bridgehead atoms. The highest BCUT2D eigenvalue weighted by Gasteiger charge is 2.05. The zero-order valence-electron chi connectivity index (χ0n) is 27.3. The molecule has 0 rings (SSSR count). The molecule has 0 aromatic heterocycles. The van der Waals surface area contributed by atoms with Crippen molar-refractivity contribution in [3.63, 3.8) is 0 Å². The Kier molecular flexibility index (Phi) is 32.3. The van der Waals surface area contributed by atoms with E-state index in [-0.39, 0.29) is 24.5 Å². The second-order valence-corrected chi connectivity index (χ2v) is 11.3. The highest BCUT2D eigenvalue weighted by Crippen LogP contribution is 2.11. The lowest BCUT2D eigenvalue weighted by molar-refractivity contribution is -0.138. The largest absolute Gasteiger partial charge is 0.481 e. The number of carboxylic acid groups (broad SMARTS) is 1. The highest BCUT2D eigenvalue weighted by molar-refractivity contribution is 5.82. The quantitative estimate of drug-likeness (QED) is 0.0620. The fourth-order valence-corrected chi connectivity index (χ4v) is 4.54. The molecule has 0 atom stereocenters. The van der Waals surface area contributed by atoms with E-state index in [2.05, 4.69) is 35.9 Å². The van der Waals surface area contributed by atoms with Crippen molar-refractivity contribution in [1.82, 2.24) is 5.32 Å². The van der Waals surface area contributed by atoms with Crippen LogP contribution in [0.25, 0.3) is 0 Å². The lowest BCUT2D eigenvalue weighted by Gasteiger charge is -2.07. The summed E-state index contributed by atoms with van der Waals surface area (Å²) in [6.45, 7) is 4.50. The molecular weight excluding hydrogens is 542 g/mol. The average molecular weight is 604 g/mol. The van der Waals surface area contributed by atoms with E-state index in [1.165, 1.54) is 77.0 Å². The first-order valence-corrected chi connectivity index (χ1v) is 17.2. The molecule has 0 aliphatic carbocycles. The van der Waals surface area contributed by atoms with Gasteiger partial charge in [-0.3, -0.25) is 14.4 Å². The van der Waals surface area contributed by atoms with Crippen molar-refractivity contribution in [1.29, 1.82) is 0 Å². The number of carbonyl (C=O) groups excluding carboxylic acids is 2. The number of unbranched alkanes of at least 4 members (excludes halogenated alkanes) is 16. The van der Waals surface area contributed by atoms with Gasteiger partial charge in [-0.1, -0.05) is 102 Å². The molecule has 1 amide bonds. The molecule has 0 aromatic carbocycles. The Morgan fingerprint density at radius 2 is 1.07 bits per heavy atom. The van der Waals surface area contributed by atoms with Crippen LogP contribution >= 0.6 is 0 Å². The molecule has 246 valence electrons. The predicted octanol–water partition coefficient (Wildman–Crippen LogP) is 7.79. The van der Waals surface area contributed by atoms with E-state index < -0.39 is 5.97 Å². The second-order valence-electron chi connectivity index (χ2n) is 11.3. The molecule has 2 N–H and O–H groups in total. The Bertz CT molecular complexity index is 804. The van der Waals surface area contributed by atoms with Crippen molar-refractivity contribution in [2.24, 2.45) is 0 Å². The van der Waals surface area contributed by atoms with Crippen LogP contribution in [-0.4, -0.2) is 55.7 Å². The van der Waals surface area contributed by atoms with E-state index in [1.807, 2.05) is 0 Å². The first-order valence-electron chi connectivity index (χ1n) is 17.2. The summed E-state index contributed by atoms with van der Waals surface area (Å²) >= 11 is 0. The van der Waals surface area contributed by atoms with Crippen LogP contribution in [0, 0.1) is 23.7 Å². The van der Waals surface area contributed by atoms with E-state index in [1.54, 1.807) is 0 Å². The Balaban J connectivity index is 3.34. The van der Waals surface area contributed by atoms with Crippen molar-refractivity contribution in [3.8, 4) is 23.7 Å². The Morgan fingerprint density at radius 3 is 1.63 bits per heavy atom. The van der Waals surface area contributed by atoms with Crippen LogP contribution in [0.5, 0.6) is 0 Å². The van der Waals surface area contributed by atoms with Crippen LogP contribution in [0.1, 0.15) is 155 Å². The maximum atomic E-state index is 11.9. The van der Waals surface area contributed by atoms with E-state index in [0.29, 0.717) is 52.2 Å². The molecule has 0 fully saturated rings. The number of nitrogens with one attached hydrogen (secondary N) is 1. The molecule has 43 heavy (non-hydrogen) atoms. The Hall–Kier alpha value is -2.35. The van der Waals surface area contributed by atoms with Gasteiger partial charge in [0.1, 0.15) is 5.78 Å². The summed E-state index contributed by atoms with van der Waals surface area (Å²) in [6, 6.07) is 0. The number of aliphatic carboxylic acids is 1. The van der Waals surface area contributed by atoms with Gasteiger partial charge < -0.3 is 19.9 Å².